The van der Waals surface area contributed by atoms with Crippen molar-refractivity contribution in [2.75, 3.05) is 36.5 Å². The zero-order valence-corrected chi connectivity index (χ0v) is 44.2. The predicted molar refractivity (Wildman–Crippen MR) is 281 cm³/mol. The Morgan fingerprint density at radius 1 is 0.945 bits per heavy atom. The number of nitrogens with zero attached hydrogens (tertiary/aromatic N) is 9. The van der Waals surface area contributed by atoms with E-state index in [0.29, 0.717) is 80.7 Å². The Hall–Kier alpha value is -6.64. The van der Waals surface area contributed by atoms with E-state index < -0.39 is 29.5 Å². The Morgan fingerprint density at radius 3 is 2.37 bits per heavy atom. The van der Waals surface area contributed by atoms with Crippen LogP contribution in [0.2, 0.25) is 0 Å². The Morgan fingerprint density at radius 2 is 1.68 bits per heavy atom. The molecule has 3 atom stereocenters. The molecule has 5 amide bonds. The van der Waals surface area contributed by atoms with Crippen molar-refractivity contribution in [3.63, 3.8) is 0 Å². The molecule has 5 N–H and O–H groups in total. The number of pyridine rings is 2. The highest BCUT2D eigenvalue weighted by Gasteiger charge is 2.44. The molecular formula is C53H71N13O6S. The van der Waals surface area contributed by atoms with Crippen molar-refractivity contribution in [2.24, 2.45) is 5.41 Å². The predicted octanol–water partition coefficient (Wildman–Crippen LogP) is 5.55. The van der Waals surface area contributed by atoms with Gasteiger partial charge in [-0.25, -0.2) is 15.0 Å². The van der Waals surface area contributed by atoms with E-state index in [-0.39, 0.29) is 55.6 Å². The van der Waals surface area contributed by atoms with Crippen LogP contribution in [0.4, 0.5) is 11.6 Å². The first kappa shape index (κ1) is 54.1. The lowest BCUT2D eigenvalue weighted by atomic mass is 9.85. The maximum absolute atomic E-state index is 14.1. The van der Waals surface area contributed by atoms with E-state index >= 15 is 0 Å². The van der Waals surface area contributed by atoms with Crippen LogP contribution < -0.4 is 31.1 Å². The van der Waals surface area contributed by atoms with Crippen LogP contribution in [0.25, 0.3) is 22.0 Å². The van der Waals surface area contributed by atoms with E-state index in [4.69, 9.17) is 9.97 Å². The molecule has 4 aromatic heterocycles. The van der Waals surface area contributed by atoms with Crippen molar-refractivity contribution >= 4 is 52.5 Å². The number of fused-ring (bicyclic) bond motifs is 1. The van der Waals surface area contributed by atoms with Crippen molar-refractivity contribution in [1.82, 2.24) is 55.9 Å². The lowest BCUT2D eigenvalue weighted by molar-refractivity contribution is -0.144. The Labute approximate surface area is 432 Å². The molecular weight excluding hydrogens is 947 g/mol. The average Bonchev–Trinajstić information content (AvgIpc) is 4.19. The summed E-state index contributed by atoms with van der Waals surface area (Å²) in [5.74, 6) is 0.610. The van der Waals surface area contributed by atoms with E-state index in [2.05, 4.69) is 50.3 Å². The number of aliphatic hydroxyl groups is 1. The summed E-state index contributed by atoms with van der Waals surface area (Å²) in [5, 5.41) is 31.2. The van der Waals surface area contributed by atoms with Crippen molar-refractivity contribution in [2.45, 2.75) is 144 Å². The van der Waals surface area contributed by atoms with Gasteiger partial charge in [-0.3, -0.25) is 28.9 Å². The number of β-amino-alcohol motifs (C(OH)–C–C–N with tert-alkyl or cyclic N) is 1. The number of carbonyl (C=O) groups is 5. The molecule has 2 aliphatic heterocycles. The Kier molecular flexibility index (Phi) is 18.1. The monoisotopic (exact) mass is 1020 g/mol. The molecule has 0 aliphatic carbocycles. The van der Waals surface area contributed by atoms with Gasteiger partial charge in [-0.15, -0.1) is 21.5 Å². The number of hydrogen-bond acceptors (Lipinski definition) is 14. The van der Waals surface area contributed by atoms with Gasteiger partial charge in [0.25, 0.3) is 5.91 Å². The van der Waals surface area contributed by atoms with Gasteiger partial charge >= 0.3 is 0 Å². The van der Waals surface area contributed by atoms with Crippen LogP contribution in [0, 0.1) is 12.3 Å². The third-order valence-electron chi connectivity index (χ3n) is 13.5. The zero-order chi connectivity index (χ0) is 52.4. The van der Waals surface area contributed by atoms with Gasteiger partial charge in [-0.05, 0) is 75.3 Å². The smallest absolute Gasteiger partial charge is 0.260 e. The number of rotatable bonds is 23. The van der Waals surface area contributed by atoms with Crippen molar-refractivity contribution in [3.05, 3.63) is 88.4 Å². The molecule has 73 heavy (non-hydrogen) atoms. The number of aryl methyl sites for hydroxylation is 2. The molecule has 1 aromatic carbocycles. The minimum Gasteiger partial charge on any atom is -0.391 e. The summed E-state index contributed by atoms with van der Waals surface area (Å²) in [7, 11) is 1.96. The summed E-state index contributed by atoms with van der Waals surface area (Å²) < 4.78 is 1.90. The molecule has 0 saturated carbocycles. The molecule has 2 aliphatic rings. The molecule has 5 aromatic rings. The normalized spacial score (nSPS) is 15.9. The standard InChI is InChI=1S/C53H71N13O6S/c1-9-64-31-58-62-49(64)40-15-14-16-43(59-40)66-30-39-38(51(66)71)26-44(63(8)33(2)3)60-41(39)28-54-23-24-55-45(68)17-12-10-11-13-18-46(69)61-48(53(5,6)7)52(72)65-29-37(67)25-42(65)50(70)56-27-35-19-21-36(22-20-35)47-34(4)57-32-73-47/h14-16,19-22,26,31-33,37,42,48,54,67H,9-13,17-18,23-25,27-30H2,1-8H3,(H,55,68)(H,56,70)(H,61,69)/t37-,42+,48-/m1/s1. The summed E-state index contributed by atoms with van der Waals surface area (Å²) in [6.07, 6.45) is 4.20. The fourth-order valence-electron chi connectivity index (χ4n) is 9.04. The molecule has 1 saturated heterocycles. The van der Waals surface area contributed by atoms with Gasteiger partial charge in [-0.1, -0.05) is 63.9 Å². The van der Waals surface area contributed by atoms with E-state index in [9.17, 15) is 29.1 Å². The number of anilines is 2. The lowest BCUT2D eigenvalue weighted by Gasteiger charge is -2.35. The first-order valence-electron chi connectivity index (χ1n) is 25.4. The fraction of sp³-hybridized carbons (Fsp3) is 0.509. The number of benzene rings is 1. The van der Waals surface area contributed by atoms with E-state index in [1.54, 1.807) is 22.6 Å². The second-order valence-corrected chi connectivity index (χ2v) is 21.1. The Balaban J connectivity index is 0.818. The van der Waals surface area contributed by atoms with Gasteiger partial charge in [-0.2, -0.15) is 0 Å². The number of nitrogens with one attached hydrogen (secondary N) is 4. The quantitative estimate of drug-likeness (QED) is 0.0506. The summed E-state index contributed by atoms with van der Waals surface area (Å²) >= 11 is 1.57. The van der Waals surface area contributed by atoms with Crippen LogP contribution in [0.1, 0.15) is 119 Å². The topological polar surface area (TPSA) is 233 Å². The van der Waals surface area contributed by atoms with Crippen molar-refractivity contribution in [3.8, 4) is 22.0 Å². The lowest BCUT2D eigenvalue weighted by Crippen LogP contribution is -2.57. The summed E-state index contributed by atoms with van der Waals surface area (Å²) in [5.41, 5.74) is 6.87. The van der Waals surface area contributed by atoms with Crippen LogP contribution in [0.5, 0.6) is 0 Å². The molecule has 0 radical (unpaired) electrons. The number of hydrogen-bond donors (Lipinski definition) is 5. The minimum atomic E-state index is -0.905. The van der Waals surface area contributed by atoms with Crippen molar-refractivity contribution in [1.29, 1.82) is 0 Å². The number of aliphatic hydroxyl groups excluding tert-OH is 1. The van der Waals surface area contributed by atoms with Gasteiger partial charge in [0.05, 0.1) is 40.0 Å². The molecule has 390 valence electrons. The van der Waals surface area contributed by atoms with Gasteiger partial charge < -0.3 is 40.7 Å². The highest BCUT2D eigenvalue weighted by molar-refractivity contribution is 7.13. The second kappa shape index (κ2) is 24.4. The van der Waals surface area contributed by atoms with Crippen LogP contribution in [0.3, 0.4) is 0 Å². The molecule has 7 rings (SSSR count). The Bertz CT molecular complexity index is 2730. The highest BCUT2D eigenvalue weighted by Crippen LogP contribution is 2.33. The molecule has 6 heterocycles. The SMILES string of the molecule is CCn1cnnc1-c1cccc(N2Cc3c(cc(N(C)C(C)C)nc3CNCCNC(=O)CCCCCCC(=O)N[C@H](C(=O)N3C[C@H](O)C[C@H]3C(=O)NCc3ccc(-c4scnc4C)cc3)C(C)(C)C)C2=O)n1. The first-order chi connectivity index (χ1) is 34.9. The molecule has 20 heteroatoms. The molecule has 0 unspecified atom stereocenters. The number of likely N-dealkylation sites (tertiary alicyclic amines) is 1. The minimum absolute atomic E-state index is 0.000764. The summed E-state index contributed by atoms with van der Waals surface area (Å²) in [4.78, 5) is 87.9. The van der Waals surface area contributed by atoms with Crippen LogP contribution in [0.15, 0.2) is 60.4 Å². The number of thiazole rings is 1. The summed E-state index contributed by atoms with van der Waals surface area (Å²) in [6, 6.07) is 13.7. The van der Waals surface area contributed by atoms with Gasteiger partial charge in [0.2, 0.25) is 23.6 Å². The van der Waals surface area contributed by atoms with Crippen LogP contribution in [-0.2, 0) is 45.4 Å². The van der Waals surface area contributed by atoms with Gasteiger partial charge in [0.1, 0.15) is 35.7 Å². The van der Waals surface area contributed by atoms with Crippen LogP contribution >= 0.6 is 11.3 Å². The number of amides is 5. The zero-order valence-electron chi connectivity index (χ0n) is 43.4. The van der Waals surface area contributed by atoms with Gasteiger partial charge in [0.15, 0.2) is 5.82 Å². The van der Waals surface area contributed by atoms with E-state index in [1.807, 2.05) is 105 Å². The van der Waals surface area contributed by atoms with Gasteiger partial charge in [0, 0.05) is 77.2 Å². The number of carbonyl (C=O) groups excluding carboxylic acids is 5. The first-order valence-corrected chi connectivity index (χ1v) is 26.3. The van der Waals surface area contributed by atoms with E-state index in [0.717, 1.165) is 45.8 Å². The molecule has 1 fully saturated rings. The largest absolute Gasteiger partial charge is 0.391 e. The fourth-order valence-corrected chi connectivity index (χ4v) is 9.85. The van der Waals surface area contributed by atoms with E-state index in [1.165, 1.54) is 4.90 Å². The highest BCUT2D eigenvalue weighted by atomic mass is 32.1. The second-order valence-electron chi connectivity index (χ2n) is 20.3. The molecule has 0 spiro atoms. The number of unbranched alkanes of at least 4 members (excludes halogenated alkanes) is 3. The maximum atomic E-state index is 14.1. The summed E-state index contributed by atoms with van der Waals surface area (Å²) in [6.45, 7) is 16.3. The number of aromatic nitrogens is 6. The third kappa shape index (κ3) is 13.5. The maximum Gasteiger partial charge on any atom is 0.260 e. The third-order valence-corrected chi connectivity index (χ3v) is 14.5. The molecule has 0 bridgehead atoms. The van der Waals surface area contributed by atoms with Crippen molar-refractivity contribution < 1.29 is 29.1 Å². The molecule has 19 nitrogen and oxygen atoms in total. The average molecular weight is 1020 g/mol. The van der Waals surface area contributed by atoms with Crippen LogP contribution in [-0.4, -0.2) is 120 Å².